The van der Waals surface area contributed by atoms with Gasteiger partial charge in [-0.3, -0.25) is 0 Å². The zero-order valence-corrected chi connectivity index (χ0v) is 10.4. The van der Waals surface area contributed by atoms with Crippen molar-refractivity contribution in [1.29, 1.82) is 0 Å². The minimum absolute atomic E-state index is 0.0907. The molecule has 2 aromatic heterocycles. The third kappa shape index (κ3) is 2.90. The van der Waals surface area contributed by atoms with E-state index in [4.69, 9.17) is 10.2 Å². The lowest BCUT2D eigenvalue weighted by Gasteiger charge is -1.98. The van der Waals surface area contributed by atoms with E-state index in [1.165, 1.54) is 0 Å². The molecule has 1 aliphatic rings. The molecule has 1 atom stereocenters. The van der Waals surface area contributed by atoms with Gasteiger partial charge in [0.25, 0.3) is 0 Å². The van der Waals surface area contributed by atoms with Crippen LogP contribution >= 0.6 is 0 Å². The van der Waals surface area contributed by atoms with E-state index in [0.29, 0.717) is 5.95 Å². The number of hydrogen-bond donors (Lipinski definition) is 2. The molecule has 19 heavy (non-hydrogen) atoms. The molecule has 2 aromatic rings. The van der Waals surface area contributed by atoms with Crippen LogP contribution in [0.4, 0.5) is 5.95 Å². The van der Waals surface area contributed by atoms with E-state index in [2.05, 4.69) is 26.3 Å². The van der Waals surface area contributed by atoms with Crippen molar-refractivity contribution >= 4 is 5.95 Å². The van der Waals surface area contributed by atoms with Crippen LogP contribution in [0.5, 0.6) is 0 Å². The maximum atomic E-state index is 5.53. The minimum atomic E-state index is 0.0907. The standard InChI is InChI=1S/C13H15N5O/c14-13-15-8-10(16-13)4-3-9-6-11(18-17-9)7-12-2-1-5-19-12/h1-2,5-6,8,11H,3-4,7H2,(H3,14,15,16). The highest BCUT2D eigenvalue weighted by molar-refractivity contribution is 5.20. The average Bonchev–Trinajstić information content (AvgIpc) is 3.10. The molecule has 1 unspecified atom stereocenters. The first-order chi connectivity index (χ1) is 9.29. The van der Waals surface area contributed by atoms with E-state index in [-0.39, 0.29) is 6.04 Å². The molecule has 98 valence electrons. The molecule has 0 aromatic carbocycles. The van der Waals surface area contributed by atoms with Crippen LogP contribution in [-0.2, 0) is 12.8 Å². The van der Waals surface area contributed by atoms with Gasteiger partial charge in [-0.25, -0.2) is 4.98 Å². The quantitative estimate of drug-likeness (QED) is 0.861. The van der Waals surface area contributed by atoms with Crippen molar-refractivity contribution in [3.05, 3.63) is 47.8 Å². The topological polar surface area (TPSA) is 92.6 Å². The number of nitrogens with two attached hydrogens (primary N) is 1. The summed E-state index contributed by atoms with van der Waals surface area (Å²) < 4.78 is 5.30. The highest BCUT2D eigenvalue weighted by Gasteiger charge is 2.14. The van der Waals surface area contributed by atoms with E-state index in [9.17, 15) is 0 Å². The van der Waals surface area contributed by atoms with Gasteiger partial charge in [-0.1, -0.05) is 0 Å². The maximum absolute atomic E-state index is 5.53. The molecule has 0 saturated heterocycles. The van der Waals surface area contributed by atoms with Crippen molar-refractivity contribution in [3.63, 3.8) is 0 Å². The van der Waals surface area contributed by atoms with Crippen molar-refractivity contribution < 1.29 is 4.42 Å². The van der Waals surface area contributed by atoms with Crippen LogP contribution in [0.15, 0.2) is 51.0 Å². The van der Waals surface area contributed by atoms with Gasteiger partial charge in [-0.15, -0.1) is 0 Å². The molecule has 1 aliphatic heterocycles. The SMILES string of the molecule is Nc1ncc(CCC2=CC(Cc3ccco3)N=N2)[nH]1. The molecular formula is C13H15N5O. The summed E-state index contributed by atoms with van der Waals surface area (Å²) in [5, 5.41) is 8.43. The molecule has 0 fully saturated rings. The third-order valence-corrected chi connectivity index (χ3v) is 3.01. The van der Waals surface area contributed by atoms with Crippen molar-refractivity contribution in [1.82, 2.24) is 9.97 Å². The fraction of sp³-hybridized carbons (Fsp3) is 0.308. The summed E-state index contributed by atoms with van der Waals surface area (Å²) in [5.41, 5.74) is 7.55. The number of hydrogen-bond acceptors (Lipinski definition) is 5. The first-order valence-electron chi connectivity index (χ1n) is 6.23. The van der Waals surface area contributed by atoms with E-state index in [0.717, 1.165) is 36.4 Å². The Morgan fingerprint density at radius 1 is 1.37 bits per heavy atom. The Morgan fingerprint density at radius 3 is 3.05 bits per heavy atom. The van der Waals surface area contributed by atoms with Crippen LogP contribution in [0.1, 0.15) is 17.9 Å². The molecule has 0 amide bonds. The van der Waals surface area contributed by atoms with Crippen LogP contribution in [0.25, 0.3) is 0 Å². The minimum Gasteiger partial charge on any atom is -0.469 e. The smallest absolute Gasteiger partial charge is 0.197 e. The predicted molar refractivity (Wildman–Crippen MR) is 70.5 cm³/mol. The molecule has 3 heterocycles. The van der Waals surface area contributed by atoms with Crippen molar-refractivity contribution in [2.24, 2.45) is 10.2 Å². The number of H-pyrrole nitrogens is 1. The Kier molecular flexibility index (Phi) is 3.14. The normalized spacial score (nSPS) is 17.9. The number of azo groups is 1. The van der Waals surface area contributed by atoms with Gasteiger partial charge < -0.3 is 15.1 Å². The summed E-state index contributed by atoms with van der Waals surface area (Å²) in [6.07, 6.45) is 7.94. The van der Waals surface area contributed by atoms with E-state index in [1.807, 2.05) is 12.1 Å². The zero-order chi connectivity index (χ0) is 13.1. The molecule has 0 saturated carbocycles. The van der Waals surface area contributed by atoms with Crippen molar-refractivity contribution in [3.8, 4) is 0 Å². The Bertz CT molecular complexity index is 596. The first-order valence-corrected chi connectivity index (χ1v) is 6.23. The van der Waals surface area contributed by atoms with Gasteiger partial charge >= 0.3 is 0 Å². The summed E-state index contributed by atoms with van der Waals surface area (Å²) in [5.74, 6) is 1.38. The molecule has 3 rings (SSSR count). The number of nitrogen functional groups attached to an aromatic ring is 1. The Morgan fingerprint density at radius 2 is 2.32 bits per heavy atom. The second-order valence-electron chi connectivity index (χ2n) is 4.52. The van der Waals surface area contributed by atoms with Crippen LogP contribution in [0.3, 0.4) is 0 Å². The van der Waals surface area contributed by atoms with E-state index >= 15 is 0 Å². The summed E-state index contributed by atoms with van der Waals surface area (Å²) in [6.45, 7) is 0. The van der Waals surface area contributed by atoms with Gasteiger partial charge in [0.05, 0.1) is 24.2 Å². The second kappa shape index (κ2) is 5.09. The van der Waals surface area contributed by atoms with Crippen molar-refractivity contribution in [2.45, 2.75) is 25.3 Å². The molecule has 0 aliphatic carbocycles. The summed E-state index contributed by atoms with van der Waals surface area (Å²) in [6, 6.07) is 3.93. The van der Waals surface area contributed by atoms with E-state index < -0.39 is 0 Å². The van der Waals surface area contributed by atoms with Gasteiger partial charge in [0.15, 0.2) is 5.95 Å². The number of furan rings is 1. The van der Waals surface area contributed by atoms with Crippen LogP contribution in [-0.4, -0.2) is 16.0 Å². The van der Waals surface area contributed by atoms with Crippen molar-refractivity contribution in [2.75, 3.05) is 5.73 Å². The zero-order valence-electron chi connectivity index (χ0n) is 10.4. The largest absolute Gasteiger partial charge is 0.469 e. The predicted octanol–water partition coefficient (Wildman–Crippen LogP) is 2.48. The fourth-order valence-corrected chi connectivity index (χ4v) is 2.07. The van der Waals surface area contributed by atoms with Crippen LogP contribution in [0.2, 0.25) is 0 Å². The monoisotopic (exact) mass is 257 g/mol. The average molecular weight is 257 g/mol. The molecule has 6 heteroatoms. The highest BCUT2D eigenvalue weighted by Crippen LogP contribution is 2.20. The number of nitrogens with one attached hydrogen (secondary N) is 1. The Balaban J connectivity index is 1.54. The third-order valence-electron chi connectivity index (χ3n) is 3.01. The van der Waals surface area contributed by atoms with Crippen LogP contribution < -0.4 is 5.73 Å². The van der Waals surface area contributed by atoms with Gasteiger partial charge in [0.1, 0.15) is 5.76 Å². The number of aryl methyl sites for hydroxylation is 1. The molecule has 0 spiro atoms. The number of anilines is 1. The number of aromatic amines is 1. The second-order valence-corrected chi connectivity index (χ2v) is 4.52. The fourth-order valence-electron chi connectivity index (χ4n) is 2.07. The number of aromatic nitrogens is 2. The molecule has 6 nitrogen and oxygen atoms in total. The van der Waals surface area contributed by atoms with Gasteiger partial charge in [0, 0.05) is 12.1 Å². The summed E-state index contributed by atoms with van der Waals surface area (Å²) >= 11 is 0. The number of imidazole rings is 1. The lowest BCUT2D eigenvalue weighted by Crippen LogP contribution is -2.01. The number of allylic oxidation sites excluding steroid dienone is 1. The molecule has 3 N–H and O–H groups in total. The van der Waals surface area contributed by atoms with Gasteiger partial charge in [-0.05, 0) is 31.1 Å². The highest BCUT2D eigenvalue weighted by atomic mass is 16.3. The molecule has 0 bridgehead atoms. The Labute approximate surface area is 110 Å². The lowest BCUT2D eigenvalue weighted by molar-refractivity contribution is 0.499. The molecular weight excluding hydrogens is 242 g/mol. The van der Waals surface area contributed by atoms with Gasteiger partial charge in [-0.2, -0.15) is 10.2 Å². The summed E-state index contributed by atoms with van der Waals surface area (Å²) in [4.78, 5) is 6.96. The first kappa shape index (κ1) is 11.7. The van der Waals surface area contributed by atoms with Gasteiger partial charge in [0.2, 0.25) is 0 Å². The number of rotatable bonds is 5. The number of nitrogens with zero attached hydrogens (tertiary/aromatic N) is 3. The lowest BCUT2D eigenvalue weighted by atomic mass is 10.1. The van der Waals surface area contributed by atoms with Crippen LogP contribution in [0, 0.1) is 0 Å². The molecule has 0 radical (unpaired) electrons. The Hall–Kier alpha value is -2.37. The maximum Gasteiger partial charge on any atom is 0.197 e. The van der Waals surface area contributed by atoms with E-state index in [1.54, 1.807) is 12.5 Å². The summed E-state index contributed by atoms with van der Waals surface area (Å²) in [7, 11) is 0.